The number of hydrogen-bond acceptors (Lipinski definition) is 21. The van der Waals surface area contributed by atoms with Crippen molar-refractivity contribution in [2.75, 3.05) is 59.8 Å². The lowest BCUT2D eigenvalue weighted by Crippen LogP contribution is -2.61. The molecule has 3 aliphatic rings. The number of aliphatic hydroxyl groups excluding tert-OH is 4. The molecule has 0 saturated carbocycles. The zero-order valence-corrected chi connectivity index (χ0v) is 64.7. The van der Waals surface area contributed by atoms with E-state index in [1.54, 1.807) is 91.6 Å². The quantitative estimate of drug-likeness (QED) is 0.0335. The average Bonchev–Trinajstić information content (AvgIpc) is 1.24. The van der Waals surface area contributed by atoms with Crippen molar-refractivity contribution in [1.82, 2.24) is 46.2 Å². The summed E-state index contributed by atoms with van der Waals surface area (Å²) >= 11 is 0. The molecule has 1 unspecified atom stereocenters. The summed E-state index contributed by atoms with van der Waals surface area (Å²) in [6.07, 6.45) is -7.69. The summed E-state index contributed by atoms with van der Waals surface area (Å²) in [5.41, 5.74) is 0.664. The third kappa shape index (κ3) is 25.5. The van der Waals surface area contributed by atoms with Crippen LogP contribution >= 0.6 is 0 Å². The number of carboxylic acids is 1. The second kappa shape index (κ2) is 43.5. The van der Waals surface area contributed by atoms with Gasteiger partial charge in [0.1, 0.15) is 48.8 Å². The van der Waals surface area contributed by atoms with Crippen molar-refractivity contribution in [2.24, 2.45) is 29.6 Å². The van der Waals surface area contributed by atoms with Gasteiger partial charge >= 0.3 is 12.1 Å². The molecule has 11 N–H and O–H groups in total. The molecule has 0 aromatic heterocycles. The van der Waals surface area contributed by atoms with E-state index in [0.29, 0.717) is 70.0 Å². The Kier molecular flexibility index (Phi) is 36.2. The molecule has 3 heterocycles. The Morgan fingerprint density at radius 2 is 1.37 bits per heavy atom. The first-order valence-electron chi connectivity index (χ1n) is 37.3. The van der Waals surface area contributed by atoms with Crippen LogP contribution in [0.5, 0.6) is 5.75 Å². The Morgan fingerprint density at radius 1 is 0.704 bits per heavy atom. The van der Waals surface area contributed by atoms with E-state index in [1.807, 2.05) is 19.9 Å². The van der Waals surface area contributed by atoms with Crippen molar-refractivity contribution in [3.63, 3.8) is 0 Å². The molecule has 0 bridgehead atoms. The van der Waals surface area contributed by atoms with Crippen LogP contribution < -0.4 is 36.6 Å². The largest absolute Gasteiger partial charge is 0.479 e. The predicted octanol–water partition coefficient (Wildman–Crippen LogP) is 3.21. The number of benzene rings is 2. The molecule has 602 valence electrons. The molecule has 2 aromatic rings. The zero-order valence-electron chi connectivity index (χ0n) is 64.7. The lowest BCUT2D eigenvalue weighted by atomic mass is 9.89. The van der Waals surface area contributed by atoms with Gasteiger partial charge in [-0.15, -0.1) is 0 Å². The Morgan fingerprint density at radius 3 is 1.98 bits per heavy atom. The minimum Gasteiger partial charge on any atom is -0.479 e. The van der Waals surface area contributed by atoms with E-state index in [1.165, 1.54) is 56.5 Å². The fraction of sp³-hybridized carbons (Fsp3) is 0.658. The summed E-state index contributed by atoms with van der Waals surface area (Å²) in [6, 6.07) is 7.64. The molecule has 32 heteroatoms. The van der Waals surface area contributed by atoms with Crippen molar-refractivity contribution in [3.05, 3.63) is 71.8 Å². The van der Waals surface area contributed by atoms with Crippen LogP contribution in [-0.4, -0.2) is 250 Å². The number of ether oxygens (including phenoxy) is 5. The molecule has 16 atom stereocenters. The smallest absolute Gasteiger partial charge is 0.410 e. The number of hydrogen-bond donors (Lipinski definition) is 11. The highest BCUT2D eigenvalue weighted by Crippen LogP contribution is 2.34. The van der Waals surface area contributed by atoms with Crippen LogP contribution in [-0.2, 0) is 78.3 Å². The summed E-state index contributed by atoms with van der Waals surface area (Å²) in [5.74, 6) is -8.88. The van der Waals surface area contributed by atoms with Gasteiger partial charge in [0.2, 0.25) is 53.5 Å². The number of nitrogens with zero attached hydrogens (tertiary/aromatic N) is 4. The fourth-order valence-corrected chi connectivity index (χ4v) is 13.5. The minimum atomic E-state index is -2.07. The number of methoxy groups -OCH3 is 2. The third-order valence-corrected chi connectivity index (χ3v) is 20.0. The van der Waals surface area contributed by atoms with Crippen LogP contribution in [0.2, 0.25) is 0 Å². The molecule has 0 aliphatic carbocycles. The van der Waals surface area contributed by atoms with Gasteiger partial charge in [-0.25, -0.2) is 9.59 Å². The number of amides is 11. The number of carbonyl (C=O) groups is 12. The molecule has 11 amide bonds. The molecule has 2 fully saturated rings. The van der Waals surface area contributed by atoms with Gasteiger partial charge in [-0.05, 0) is 92.9 Å². The van der Waals surface area contributed by atoms with Crippen LogP contribution in [0.3, 0.4) is 0 Å². The molecular weight excluding hydrogens is 1400 g/mol. The summed E-state index contributed by atoms with van der Waals surface area (Å²) in [4.78, 5) is 166. The van der Waals surface area contributed by atoms with Crippen molar-refractivity contribution in [3.8, 4) is 5.75 Å². The van der Waals surface area contributed by atoms with Crippen molar-refractivity contribution in [2.45, 2.75) is 238 Å². The van der Waals surface area contributed by atoms with E-state index in [9.17, 15) is 83.1 Å². The van der Waals surface area contributed by atoms with Crippen molar-refractivity contribution in [1.29, 1.82) is 0 Å². The first-order valence-corrected chi connectivity index (χ1v) is 37.3. The number of rotatable bonds is 43. The van der Waals surface area contributed by atoms with Crippen LogP contribution in [0.4, 0.5) is 10.5 Å². The second-order valence-electron chi connectivity index (χ2n) is 29.1. The van der Waals surface area contributed by atoms with E-state index in [4.69, 9.17) is 23.7 Å². The molecule has 3 aliphatic heterocycles. The molecular formula is C76H116N10O22. The maximum atomic E-state index is 15.0. The van der Waals surface area contributed by atoms with E-state index >= 15 is 0 Å². The highest BCUT2D eigenvalue weighted by Gasteiger charge is 2.49. The van der Waals surface area contributed by atoms with E-state index in [-0.39, 0.29) is 78.9 Å². The molecule has 108 heavy (non-hydrogen) atoms. The van der Waals surface area contributed by atoms with Gasteiger partial charge in [0, 0.05) is 85.4 Å². The standard InChI is InChI=1S/C76H116N10O22/c1-15-45(8)62(54(104-13)40-59(91)85-38-24-28-52(85)67(105-14)46(9)70(97)79-47(10)63(92)49-25-18-16-19-26-49)83(11)73(100)60(42(2)3)82-72(99)61(43(4)5)84(12)76(103)106-41-48-30-31-53(107-75-66(95)64(93)65(94)68(108-75)74(101)102)51(39-48)81-56(88)34-36-78-71(98)50(27-21-22-35-77-69(96)44(6)7)80-55(87)29-20-17-23-37-86-57(89)32-33-58(86)90/h16,18-19,25-26,30-33,39,42-47,50,52,54,60-68,75,92-95H,15,17,20-24,27-29,34-38,40-41H2,1-14H3,(H,77,96)(H,78,98)(H,79,97)(H,80,87)(H,81,88)(H,82,99)(H,101,102)/t45-,46+,47+,50-,52-,54+,60-,61?,62-,63+,64-,65-,66+,67+,68-,75+/m0/s1. The lowest BCUT2D eigenvalue weighted by Gasteiger charge is -2.41. The van der Waals surface area contributed by atoms with Gasteiger partial charge < -0.3 is 90.9 Å². The van der Waals surface area contributed by atoms with Gasteiger partial charge in [0.25, 0.3) is 11.8 Å². The summed E-state index contributed by atoms with van der Waals surface area (Å²) in [6.45, 7) is 17.8. The maximum absolute atomic E-state index is 15.0. The van der Waals surface area contributed by atoms with Crippen LogP contribution in [0, 0.1) is 29.6 Å². The maximum Gasteiger partial charge on any atom is 0.410 e. The van der Waals surface area contributed by atoms with Gasteiger partial charge in [0.15, 0.2) is 6.10 Å². The molecule has 2 aromatic carbocycles. The number of anilines is 1. The predicted molar refractivity (Wildman–Crippen MR) is 394 cm³/mol. The van der Waals surface area contributed by atoms with E-state index in [0.717, 1.165) is 9.80 Å². The Bertz CT molecular complexity index is 3380. The summed E-state index contributed by atoms with van der Waals surface area (Å²) < 4.78 is 29.0. The number of aliphatic carboxylic acids is 1. The monoisotopic (exact) mass is 1520 g/mol. The van der Waals surface area contributed by atoms with E-state index < -0.39 is 169 Å². The van der Waals surface area contributed by atoms with Gasteiger partial charge in [-0.3, -0.25) is 57.7 Å². The molecule has 5 rings (SSSR count). The summed E-state index contributed by atoms with van der Waals surface area (Å²) in [5, 5.41) is 69.3. The number of unbranched alkanes of at least 4 members (excludes halogenated alkanes) is 3. The van der Waals surface area contributed by atoms with Gasteiger partial charge in [-0.1, -0.05) is 112 Å². The molecule has 0 spiro atoms. The van der Waals surface area contributed by atoms with Crippen molar-refractivity contribution < 1.29 is 107 Å². The number of aliphatic hydroxyl groups is 4. The van der Waals surface area contributed by atoms with Crippen LogP contribution in [0.1, 0.15) is 164 Å². The van der Waals surface area contributed by atoms with Crippen LogP contribution in [0.15, 0.2) is 60.7 Å². The van der Waals surface area contributed by atoms with Crippen molar-refractivity contribution >= 4 is 76.8 Å². The highest BCUT2D eigenvalue weighted by atomic mass is 16.7. The number of imide groups is 1. The number of carboxylic acid groups (broad SMARTS) is 1. The number of carbonyl (C=O) groups excluding carboxylic acids is 11. The minimum absolute atomic E-state index is 0.0207. The van der Waals surface area contributed by atoms with Crippen LogP contribution in [0.25, 0.3) is 0 Å². The van der Waals surface area contributed by atoms with Gasteiger partial charge in [-0.2, -0.15) is 0 Å². The highest BCUT2D eigenvalue weighted by molar-refractivity contribution is 6.12. The topological polar surface area (TPSA) is 437 Å². The first-order chi connectivity index (χ1) is 51.1. The number of nitrogens with one attached hydrogen (secondary N) is 6. The molecule has 32 nitrogen and oxygen atoms in total. The number of likely N-dealkylation sites (N-methyl/N-ethyl adjacent to an activating group) is 2. The second-order valence-corrected chi connectivity index (χ2v) is 29.1. The lowest BCUT2D eigenvalue weighted by molar-refractivity contribution is -0.271. The van der Waals surface area contributed by atoms with E-state index in [2.05, 4.69) is 31.9 Å². The Balaban J connectivity index is 1.27. The molecule has 2 saturated heterocycles. The van der Waals surface area contributed by atoms with Gasteiger partial charge in [0.05, 0.1) is 54.5 Å². The molecule has 0 radical (unpaired) electrons. The normalized spacial score (nSPS) is 20.6. The summed E-state index contributed by atoms with van der Waals surface area (Å²) in [7, 11) is 5.88. The zero-order chi connectivity index (χ0) is 80.4. The fourth-order valence-electron chi connectivity index (χ4n) is 13.5. The Hall–Kier alpha value is -8.66. The number of likely N-dealkylation sites (tertiary alicyclic amines) is 1. The first kappa shape index (κ1) is 90.0. The Labute approximate surface area is 632 Å². The third-order valence-electron chi connectivity index (χ3n) is 20.0. The SMILES string of the molecule is CC[C@H](C)[C@@H]([C@@H](CC(=O)N1CCC[C@H]1[C@H](OC)[C@@H](C)C(=O)N[C@H](C)[C@@H](O)c1ccccc1)OC)N(C)C(=O)[C@@H](NC(=O)C(C(C)C)N(C)C(=O)OCc1ccc(O[C@@H]2O[C@H](C(=O)O)[C@@H](O)[C@H](O)[C@H]2O)c(NC(=O)CCNC(=O)[C@H](CCCCNC(=O)C(C)C)NC(=O)CCCCCN2C(=O)C=CC2=O)c1)C(C)C. The average molecular weight is 1520 g/mol.